The van der Waals surface area contributed by atoms with Crippen LogP contribution < -0.4 is 4.74 Å². The normalized spacial score (nSPS) is 13.1. The average molecular weight is 406 g/mol. The van der Waals surface area contributed by atoms with Crippen molar-refractivity contribution >= 4 is 5.70 Å². The maximum Gasteiger partial charge on any atom is 0.178 e. The Morgan fingerprint density at radius 2 is 2.10 bits per heavy atom. The minimum absolute atomic E-state index is 0.211. The lowest BCUT2D eigenvalue weighted by molar-refractivity contribution is 0.144. The molecular formula is C23H23FN4O2. The van der Waals surface area contributed by atoms with Crippen LogP contribution in [-0.4, -0.2) is 46.7 Å². The smallest absolute Gasteiger partial charge is 0.178 e. The lowest BCUT2D eigenvalue weighted by atomic mass is 10.0. The Morgan fingerprint density at radius 3 is 2.87 bits per heavy atom. The van der Waals surface area contributed by atoms with E-state index in [4.69, 9.17) is 14.5 Å². The molecule has 7 heteroatoms. The number of fused-ring (bicyclic) bond motifs is 1. The van der Waals surface area contributed by atoms with Crippen LogP contribution in [0.5, 0.6) is 5.75 Å². The fraction of sp³-hybridized carbons (Fsp3) is 0.261. The van der Waals surface area contributed by atoms with E-state index in [0.717, 1.165) is 41.2 Å². The average Bonchev–Trinajstić information content (AvgIpc) is 2.79. The Morgan fingerprint density at radius 1 is 1.20 bits per heavy atom. The molecule has 3 heterocycles. The summed E-state index contributed by atoms with van der Waals surface area (Å²) in [7, 11) is 1.58. The fourth-order valence-corrected chi connectivity index (χ4v) is 3.38. The van der Waals surface area contributed by atoms with Crippen LogP contribution in [0.3, 0.4) is 0 Å². The minimum atomic E-state index is -0.412. The number of nitrogens with zero attached hydrogens (tertiary/aromatic N) is 4. The zero-order chi connectivity index (χ0) is 20.9. The highest BCUT2D eigenvalue weighted by atomic mass is 19.1. The second kappa shape index (κ2) is 9.00. The van der Waals surface area contributed by atoms with Gasteiger partial charge in [0.25, 0.3) is 0 Å². The fourth-order valence-electron chi connectivity index (χ4n) is 3.38. The molecule has 1 aliphatic heterocycles. The molecule has 1 aromatic carbocycles. The predicted molar refractivity (Wildman–Crippen MR) is 112 cm³/mol. The Labute approximate surface area is 175 Å². The molecule has 1 aliphatic rings. The third-order valence-electron chi connectivity index (χ3n) is 5.02. The van der Waals surface area contributed by atoms with E-state index in [2.05, 4.69) is 21.4 Å². The number of aromatic nitrogens is 3. The SMILES string of the molecule is C=C(c1ccc(OCCOC)c(F)c1)N1CCc2nc(-c3ccccn3)ncc2C1. The highest BCUT2D eigenvalue weighted by Gasteiger charge is 2.21. The number of methoxy groups -OCH3 is 1. The number of halogens is 1. The van der Waals surface area contributed by atoms with Gasteiger partial charge in [0.15, 0.2) is 17.4 Å². The second-order valence-corrected chi connectivity index (χ2v) is 6.99. The van der Waals surface area contributed by atoms with Gasteiger partial charge in [-0.25, -0.2) is 14.4 Å². The third-order valence-corrected chi connectivity index (χ3v) is 5.02. The summed E-state index contributed by atoms with van der Waals surface area (Å²) in [4.78, 5) is 15.6. The number of hydrogen-bond donors (Lipinski definition) is 0. The van der Waals surface area contributed by atoms with Crippen molar-refractivity contribution in [1.82, 2.24) is 19.9 Å². The highest BCUT2D eigenvalue weighted by molar-refractivity contribution is 5.63. The van der Waals surface area contributed by atoms with E-state index in [1.54, 1.807) is 19.4 Å². The van der Waals surface area contributed by atoms with Crippen LogP contribution in [0.15, 0.2) is 55.4 Å². The summed E-state index contributed by atoms with van der Waals surface area (Å²) in [5, 5.41) is 0. The minimum Gasteiger partial charge on any atom is -0.488 e. The topological polar surface area (TPSA) is 60.4 Å². The number of rotatable bonds is 7. The van der Waals surface area contributed by atoms with Crippen molar-refractivity contribution < 1.29 is 13.9 Å². The molecule has 0 amide bonds. The summed E-state index contributed by atoms with van der Waals surface area (Å²) in [5.74, 6) is 0.432. The molecule has 3 aromatic rings. The first kappa shape index (κ1) is 20.0. The monoisotopic (exact) mass is 406 g/mol. The van der Waals surface area contributed by atoms with Crippen LogP contribution in [0.2, 0.25) is 0 Å². The van der Waals surface area contributed by atoms with E-state index in [1.165, 1.54) is 6.07 Å². The number of hydrogen-bond acceptors (Lipinski definition) is 6. The van der Waals surface area contributed by atoms with Crippen LogP contribution in [0, 0.1) is 5.82 Å². The van der Waals surface area contributed by atoms with Gasteiger partial charge in [-0.3, -0.25) is 4.98 Å². The van der Waals surface area contributed by atoms with Crippen LogP contribution >= 0.6 is 0 Å². The van der Waals surface area contributed by atoms with E-state index >= 15 is 0 Å². The van der Waals surface area contributed by atoms with E-state index in [9.17, 15) is 4.39 Å². The maximum absolute atomic E-state index is 14.4. The molecule has 0 bridgehead atoms. The molecule has 0 saturated heterocycles. The van der Waals surface area contributed by atoms with E-state index in [-0.39, 0.29) is 5.75 Å². The van der Waals surface area contributed by atoms with Gasteiger partial charge in [-0.15, -0.1) is 0 Å². The molecule has 0 aliphatic carbocycles. The van der Waals surface area contributed by atoms with Crippen LogP contribution in [0.25, 0.3) is 17.2 Å². The molecule has 6 nitrogen and oxygen atoms in total. The molecule has 0 radical (unpaired) electrons. The van der Waals surface area contributed by atoms with Crippen molar-refractivity contribution in [2.45, 2.75) is 13.0 Å². The molecule has 0 unspecified atom stereocenters. The number of benzene rings is 1. The summed E-state index contributed by atoms with van der Waals surface area (Å²) in [5.41, 5.74) is 4.30. The van der Waals surface area contributed by atoms with Gasteiger partial charge >= 0.3 is 0 Å². The zero-order valence-corrected chi connectivity index (χ0v) is 16.8. The lowest BCUT2D eigenvalue weighted by Gasteiger charge is -2.31. The van der Waals surface area contributed by atoms with Gasteiger partial charge in [-0.05, 0) is 30.3 Å². The molecule has 0 spiro atoms. The molecule has 30 heavy (non-hydrogen) atoms. The summed E-state index contributed by atoms with van der Waals surface area (Å²) in [6.07, 6.45) is 4.34. The molecular weight excluding hydrogens is 383 g/mol. The molecule has 4 rings (SSSR count). The summed E-state index contributed by atoms with van der Waals surface area (Å²) >= 11 is 0. The summed E-state index contributed by atoms with van der Waals surface area (Å²) in [6.45, 7) is 6.27. The van der Waals surface area contributed by atoms with Gasteiger partial charge in [-0.2, -0.15) is 0 Å². The highest BCUT2D eigenvalue weighted by Crippen LogP contribution is 2.28. The predicted octanol–water partition coefficient (Wildman–Crippen LogP) is 3.73. The van der Waals surface area contributed by atoms with Gasteiger partial charge in [-0.1, -0.05) is 12.6 Å². The van der Waals surface area contributed by atoms with Gasteiger partial charge in [0.05, 0.1) is 12.3 Å². The quantitative estimate of drug-likeness (QED) is 0.557. The van der Waals surface area contributed by atoms with E-state index in [1.807, 2.05) is 30.5 Å². The summed E-state index contributed by atoms with van der Waals surface area (Å²) < 4.78 is 24.7. The second-order valence-electron chi connectivity index (χ2n) is 6.99. The van der Waals surface area contributed by atoms with Crippen molar-refractivity contribution in [2.75, 3.05) is 26.9 Å². The van der Waals surface area contributed by atoms with E-state index in [0.29, 0.717) is 25.6 Å². The Bertz CT molecular complexity index is 1040. The van der Waals surface area contributed by atoms with Gasteiger partial charge in [0.2, 0.25) is 0 Å². The first-order chi connectivity index (χ1) is 14.7. The third kappa shape index (κ3) is 4.31. The van der Waals surface area contributed by atoms with Crippen LogP contribution in [-0.2, 0) is 17.7 Å². The Kier molecular flexibility index (Phi) is 5.99. The molecule has 0 saturated carbocycles. The van der Waals surface area contributed by atoms with Gasteiger partial charge in [0.1, 0.15) is 12.3 Å². The van der Waals surface area contributed by atoms with E-state index < -0.39 is 5.82 Å². The summed E-state index contributed by atoms with van der Waals surface area (Å²) in [6, 6.07) is 10.6. The Hall–Kier alpha value is -3.32. The molecule has 0 fully saturated rings. The Balaban J connectivity index is 1.46. The first-order valence-electron chi connectivity index (χ1n) is 9.77. The first-order valence-corrected chi connectivity index (χ1v) is 9.77. The molecule has 0 atom stereocenters. The van der Waals surface area contributed by atoms with Crippen LogP contribution in [0.1, 0.15) is 16.8 Å². The number of ether oxygens (including phenoxy) is 2. The van der Waals surface area contributed by atoms with Crippen molar-refractivity contribution in [3.8, 4) is 17.3 Å². The molecule has 2 aromatic heterocycles. The molecule has 154 valence electrons. The van der Waals surface area contributed by atoms with Crippen molar-refractivity contribution in [3.05, 3.63) is 78.0 Å². The molecule has 0 N–H and O–H groups in total. The van der Waals surface area contributed by atoms with Crippen molar-refractivity contribution in [2.24, 2.45) is 0 Å². The van der Waals surface area contributed by atoms with Gasteiger partial charge < -0.3 is 14.4 Å². The largest absolute Gasteiger partial charge is 0.488 e. The zero-order valence-electron chi connectivity index (χ0n) is 16.8. The number of pyridine rings is 1. The van der Waals surface area contributed by atoms with Crippen molar-refractivity contribution in [1.29, 1.82) is 0 Å². The lowest BCUT2D eigenvalue weighted by Crippen LogP contribution is -2.30. The van der Waals surface area contributed by atoms with Gasteiger partial charge in [0, 0.05) is 55.8 Å². The standard InChI is InChI=1S/C23H23FN4O2/c1-16(17-6-7-22(19(24)13-17)30-12-11-29-2)28-10-8-20-18(15-28)14-26-23(27-20)21-5-3-4-9-25-21/h3-7,9,13-14H,1,8,10-12,15H2,2H3. The van der Waals surface area contributed by atoms with Crippen LogP contribution in [0.4, 0.5) is 4.39 Å². The van der Waals surface area contributed by atoms with Crippen molar-refractivity contribution in [3.63, 3.8) is 0 Å². The maximum atomic E-state index is 14.4.